The third kappa shape index (κ3) is 3.56. The van der Waals surface area contributed by atoms with Gasteiger partial charge in [0, 0.05) is 29.1 Å². The maximum absolute atomic E-state index is 3.65. The molecule has 1 fully saturated rings. The topological polar surface area (TPSA) is 15.3 Å². The number of rotatable bonds is 2. The highest BCUT2D eigenvalue weighted by atomic mass is 79.9. The molecule has 1 aliphatic heterocycles. The number of nitrogens with one attached hydrogen (secondary N) is 1. The molecule has 0 bridgehead atoms. The minimum Gasteiger partial charge on any atom is -0.310 e. The molecule has 1 aromatic rings. The first-order valence-electron chi connectivity index (χ1n) is 6.70. The summed E-state index contributed by atoms with van der Waals surface area (Å²) < 4.78 is 1.22. The van der Waals surface area contributed by atoms with E-state index in [4.69, 9.17) is 0 Å². The van der Waals surface area contributed by atoms with Crippen molar-refractivity contribution in [2.75, 3.05) is 13.1 Å². The van der Waals surface area contributed by atoms with Crippen molar-refractivity contribution in [3.05, 3.63) is 34.3 Å². The highest BCUT2D eigenvalue weighted by molar-refractivity contribution is 9.10. The Balaban J connectivity index is 2.13. The Labute approximate surface area is 119 Å². The smallest absolute Gasteiger partial charge is 0.0252 e. The fourth-order valence-electron chi connectivity index (χ4n) is 2.58. The molecule has 0 radical (unpaired) electrons. The first kappa shape index (κ1) is 14.0. The molecule has 1 aromatic carbocycles. The summed E-state index contributed by atoms with van der Waals surface area (Å²) in [7, 11) is 0. The average molecular weight is 311 g/mol. The standard InChI is InChI=1S/C15H23BrN2/c1-12-8-9-17-15(2,3)11-18(12)10-13-6-4-5-7-14(13)16/h4-7,12,17H,8-11H2,1-3H3. The van der Waals surface area contributed by atoms with Gasteiger partial charge in [-0.25, -0.2) is 0 Å². The van der Waals surface area contributed by atoms with Gasteiger partial charge in [-0.05, 0) is 45.4 Å². The van der Waals surface area contributed by atoms with Gasteiger partial charge >= 0.3 is 0 Å². The molecule has 1 atom stereocenters. The van der Waals surface area contributed by atoms with E-state index in [1.54, 1.807) is 0 Å². The van der Waals surface area contributed by atoms with Gasteiger partial charge in [-0.15, -0.1) is 0 Å². The molecule has 1 aliphatic rings. The molecule has 1 heterocycles. The van der Waals surface area contributed by atoms with Crippen LogP contribution in [0.5, 0.6) is 0 Å². The van der Waals surface area contributed by atoms with E-state index in [-0.39, 0.29) is 5.54 Å². The van der Waals surface area contributed by atoms with Crippen molar-refractivity contribution in [1.29, 1.82) is 0 Å². The highest BCUT2D eigenvalue weighted by Gasteiger charge is 2.27. The van der Waals surface area contributed by atoms with Crippen molar-refractivity contribution >= 4 is 15.9 Å². The van der Waals surface area contributed by atoms with Gasteiger partial charge < -0.3 is 5.32 Å². The van der Waals surface area contributed by atoms with E-state index in [0.29, 0.717) is 6.04 Å². The zero-order chi connectivity index (χ0) is 13.2. The van der Waals surface area contributed by atoms with Gasteiger partial charge in [0.05, 0.1) is 0 Å². The highest BCUT2D eigenvalue weighted by Crippen LogP contribution is 2.22. The van der Waals surface area contributed by atoms with Gasteiger partial charge in [0.25, 0.3) is 0 Å². The van der Waals surface area contributed by atoms with E-state index < -0.39 is 0 Å². The summed E-state index contributed by atoms with van der Waals surface area (Å²) in [5.41, 5.74) is 1.58. The van der Waals surface area contributed by atoms with Gasteiger partial charge in [-0.3, -0.25) is 4.90 Å². The maximum Gasteiger partial charge on any atom is 0.0252 e. The van der Waals surface area contributed by atoms with Crippen LogP contribution in [0.3, 0.4) is 0 Å². The second-order valence-corrected chi connectivity index (χ2v) is 6.80. The molecular weight excluding hydrogens is 288 g/mol. The molecule has 0 aliphatic carbocycles. The third-order valence-corrected chi connectivity index (χ3v) is 4.49. The van der Waals surface area contributed by atoms with Crippen LogP contribution in [-0.4, -0.2) is 29.6 Å². The van der Waals surface area contributed by atoms with E-state index in [2.05, 4.69) is 71.2 Å². The summed E-state index contributed by atoms with van der Waals surface area (Å²) in [6.45, 7) is 10.1. The lowest BCUT2D eigenvalue weighted by Gasteiger charge is -2.33. The van der Waals surface area contributed by atoms with Gasteiger partial charge in [-0.2, -0.15) is 0 Å². The summed E-state index contributed by atoms with van der Waals surface area (Å²) in [6.07, 6.45) is 1.22. The van der Waals surface area contributed by atoms with Gasteiger partial charge in [0.1, 0.15) is 0 Å². The van der Waals surface area contributed by atoms with Crippen LogP contribution in [0.15, 0.2) is 28.7 Å². The summed E-state index contributed by atoms with van der Waals surface area (Å²) >= 11 is 3.65. The normalized spacial score (nSPS) is 24.8. The van der Waals surface area contributed by atoms with Crippen LogP contribution in [0.1, 0.15) is 32.8 Å². The van der Waals surface area contributed by atoms with Crippen molar-refractivity contribution in [1.82, 2.24) is 10.2 Å². The molecule has 0 amide bonds. The minimum absolute atomic E-state index is 0.200. The maximum atomic E-state index is 3.65. The largest absolute Gasteiger partial charge is 0.310 e. The third-order valence-electron chi connectivity index (χ3n) is 3.72. The summed E-state index contributed by atoms with van der Waals surface area (Å²) in [5, 5.41) is 3.63. The van der Waals surface area contributed by atoms with Gasteiger partial charge in [-0.1, -0.05) is 34.1 Å². The molecule has 2 rings (SSSR count). The van der Waals surface area contributed by atoms with Crippen LogP contribution in [0.2, 0.25) is 0 Å². The van der Waals surface area contributed by atoms with E-state index in [1.165, 1.54) is 16.5 Å². The summed E-state index contributed by atoms with van der Waals surface area (Å²) in [4.78, 5) is 2.58. The minimum atomic E-state index is 0.200. The first-order chi connectivity index (χ1) is 8.48. The van der Waals surface area contributed by atoms with Crippen LogP contribution in [0.25, 0.3) is 0 Å². The lowest BCUT2D eigenvalue weighted by Crippen LogP contribution is -2.47. The second-order valence-electron chi connectivity index (χ2n) is 5.94. The Kier molecular flexibility index (Phi) is 4.46. The number of nitrogens with zero attached hydrogens (tertiary/aromatic N) is 1. The quantitative estimate of drug-likeness (QED) is 0.900. The molecule has 0 saturated carbocycles. The Bertz CT molecular complexity index is 403. The molecule has 100 valence electrons. The Morgan fingerprint density at radius 3 is 2.83 bits per heavy atom. The molecular formula is C15H23BrN2. The van der Waals surface area contributed by atoms with E-state index in [9.17, 15) is 0 Å². The zero-order valence-electron chi connectivity index (χ0n) is 11.5. The molecule has 1 saturated heterocycles. The Morgan fingerprint density at radius 1 is 1.39 bits per heavy atom. The van der Waals surface area contributed by atoms with Gasteiger partial charge in [0.15, 0.2) is 0 Å². The molecule has 1 N–H and O–H groups in total. The van der Waals surface area contributed by atoms with E-state index in [0.717, 1.165) is 19.6 Å². The van der Waals surface area contributed by atoms with Crippen molar-refractivity contribution in [2.45, 2.75) is 45.3 Å². The van der Waals surface area contributed by atoms with Crippen molar-refractivity contribution in [2.24, 2.45) is 0 Å². The lowest BCUT2D eigenvalue weighted by molar-refractivity contribution is 0.173. The molecule has 3 heteroatoms. The number of halogens is 1. The fourth-order valence-corrected chi connectivity index (χ4v) is 2.99. The molecule has 18 heavy (non-hydrogen) atoms. The van der Waals surface area contributed by atoms with Gasteiger partial charge in [0.2, 0.25) is 0 Å². The number of hydrogen-bond acceptors (Lipinski definition) is 2. The average Bonchev–Trinajstić information content (AvgIpc) is 2.41. The molecule has 0 aromatic heterocycles. The summed E-state index contributed by atoms with van der Waals surface area (Å²) in [5.74, 6) is 0. The lowest BCUT2D eigenvalue weighted by atomic mass is 10.0. The fraction of sp³-hybridized carbons (Fsp3) is 0.600. The first-order valence-corrected chi connectivity index (χ1v) is 7.50. The van der Waals surface area contributed by atoms with E-state index >= 15 is 0 Å². The Morgan fingerprint density at radius 2 is 2.11 bits per heavy atom. The van der Waals surface area contributed by atoms with Crippen molar-refractivity contribution < 1.29 is 0 Å². The van der Waals surface area contributed by atoms with Crippen LogP contribution >= 0.6 is 15.9 Å². The molecule has 2 nitrogen and oxygen atoms in total. The monoisotopic (exact) mass is 310 g/mol. The SMILES string of the molecule is CC1CCNC(C)(C)CN1Cc1ccccc1Br. The second kappa shape index (κ2) is 5.72. The van der Waals surface area contributed by atoms with Crippen LogP contribution in [0.4, 0.5) is 0 Å². The summed E-state index contributed by atoms with van der Waals surface area (Å²) in [6, 6.07) is 9.16. The zero-order valence-corrected chi connectivity index (χ0v) is 13.1. The number of benzene rings is 1. The van der Waals surface area contributed by atoms with Crippen LogP contribution < -0.4 is 5.32 Å². The molecule has 1 unspecified atom stereocenters. The number of hydrogen-bond donors (Lipinski definition) is 1. The predicted molar refractivity (Wildman–Crippen MR) is 80.7 cm³/mol. The van der Waals surface area contributed by atoms with Crippen LogP contribution in [0, 0.1) is 0 Å². The molecule has 0 spiro atoms. The van der Waals surface area contributed by atoms with E-state index in [1.807, 2.05) is 0 Å². The van der Waals surface area contributed by atoms with Crippen molar-refractivity contribution in [3.63, 3.8) is 0 Å². The Hall–Kier alpha value is -0.380. The predicted octanol–water partition coefficient (Wildman–Crippen LogP) is 3.41. The van der Waals surface area contributed by atoms with Crippen molar-refractivity contribution in [3.8, 4) is 0 Å². The van der Waals surface area contributed by atoms with Crippen LogP contribution in [-0.2, 0) is 6.54 Å².